The van der Waals surface area contributed by atoms with Gasteiger partial charge >= 0.3 is 0 Å². The van der Waals surface area contributed by atoms with Gasteiger partial charge in [0.1, 0.15) is 5.82 Å². The molecule has 2 fully saturated rings. The van der Waals surface area contributed by atoms with Crippen LogP contribution >= 0.6 is 0 Å². The normalized spacial score (nSPS) is 19.9. The van der Waals surface area contributed by atoms with E-state index in [9.17, 15) is 4.79 Å². The lowest BCUT2D eigenvalue weighted by atomic mass is 9.93. The lowest BCUT2D eigenvalue weighted by Crippen LogP contribution is -2.46. The van der Waals surface area contributed by atoms with Crippen LogP contribution in [0.3, 0.4) is 0 Å². The molecule has 0 unspecified atom stereocenters. The molecular formula is C23H30N8O. The molecule has 0 bridgehead atoms. The number of amides is 1. The summed E-state index contributed by atoms with van der Waals surface area (Å²) >= 11 is 0. The van der Waals surface area contributed by atoms with Crippen LogP contribution in [0.25, 0.3) is 22.2 Å². The number of aromatic amines is 1. The summed E-state index contributed by atoms with van der Waals surface area (Å²) in [5, 5.41) is 11.2. The summed E-state index contributed by atoms with van der Waals surface area (Å²) in [5.74, 6) is 1.59. The van der Waals surface area contributed by atoms with E-state index in [1.165, 1.54) is 19.3 Å². The number of hydrogen-bond donors (Lipinski definition) is 4. The molecule has 9 heteroatoms. The van der Waals surface area contributed by atoms with Gasteiger partial charge in [-0.05, 0) is 37.8 Å². The van der Waals surface area contributed by atoms with Gasteiger partial charge in [-0.1, -0.05) is 25.3 Å². The Hall–Kier alpha value is -3.36. The number of aromatic nitrogens is 4. The van der Waals surface area contributed by atoms with Crippen molar-refractivity contribution in [2.24, 2.45) is 5.92 Å². The number of benzene rings is 1. The topological polar surface area (TPSA) is 139 Å². The zero-order chi connectivity index (χ0) is 22.1. The largest absolute Gasteiger partial charge is 0.382 e. The first-order valence-corrected chi connectivity index (χ1v) is 11.5. The number of piperidine rings is 1. The predicted molar refractivity (Wildman–Crippen MR) is 126 cm³/mol. The molecule has 1 saturated heterocycles. The molecule has 2 aromatic heterocycles. The molecular weight excluding hydrogens is 404 g/mol. The van der Waals surface area contributed by atoms with Crippen molar-refractivity contribution in [1.29, 1.82) is 0 Å². The number of nitrogen functional groups attached to an aromatic ring is 2. The van der Waals surface area contributed by atoms with E-state index >= 15 is 0 Å². The maximum atomic E-state index is 12.9. The van der Waals surface area contributed by atoms with Crippen LogP contribution in [-0.4, -0.2) is 45.2 Å². The van der Waals surface area contributed by atoms with Gasteiger partial charge in [-0.15, -0.1) is 0 Å². The van der Waals surface area contributed by atoms with Crippen LogP contribution in [0.15, 0.2) is 24.3 Å². The smallest absolute Gasteiger partial charge is 0.225 e. The molecule has 3 aromatic rings. The van der Waals surface area contributed by atoms with Gasteiger partial charge in [0.25, 0.3) is 0 Å². The number of hydrogen-bond acceptors (Lipinski definition) is 7. The van der Waals surface area contributed by atoms with Crippen molar-refractivity contribution < 1.29 is 4.79 Å². The minimum atomic E-state index is -0.0327. The van der Waals surface area contributed by atoms with Gasteiger partial charge in [0.2, 0.25) is 11.9 Å². The minimum Gasteiger partial charge on any atom is -0.382 e. The molecule has 1 aliphatic carbocycles. The zero-order valence-electron chi connectivity index (χ0n) is 18.2. The van der Waals surface area contributed by atoms with Crippen LogP contribution in [0, 0.1) is 5.92 Å². The van der Waals surface area contributed by atoms with E-state index in [-0.39, 0.29) is 17.8 Å². The number of carbonyl (C=O) groups excluding carboxylic acids is 1. The van der Waals surface area contributed by atoms with Crippen molar-refractivity contribution in [2.45, 2.75) is 51.0 Å². The van der Waals surface area contributed by atoms with Gasteiger partial charge in [0.05, 0.1) is 17.1 Å². The van der Waals surface area contributed by atoms with Crippen LogP contribution in [-0.2, 0) is 4.79 Å². The van der Waals surface area contributed by atoms with Crippen molar-refractivity contribution in [1.82, 2.24) is 25.5 Å². The molecule has 2 aliphatic rings. The Bertz CT molecular complexity index is 1120. The molecule has 0 radical (unpaired) electrons. The Kier molecular flexibility index (Phi) is 5.55. The summed E-state index contributed by atoms with van der Waals surface area (Å²) in [5.41, 5.74) is 14.4. The van der Waals surface area contributed by atoms with Crippen molar-refractivity contribution in [2.75, 3.05) is 29.5 Å². The van der Waals surface area contributed by atoms with Gasteiger partial charge in [0, 0.05) is 36.1 Å². The van der Waals surface area contributed by atoms with E-state index in [0.717, 1.165) is 60.2 Å². The van der Waals surface area contributed by atoms with Gasteiger partial charge in [-0.25, -0.2) is 4.98 Å². The van der Waals surface area contributed by atoms with E-state index in [2.05, 4.69) is 30.4 Å². The fraction of sp³-hybridized carbons (Fsp3) is 0.478. The first-order valence-electron chi connectivity index (χ1n) is 11.5. The molecule has 1 saturated carbocycles. The lowest BCUT2D eigenvalue weighted by Gasteiger charge is -2.34. The van der Waals surface area contributed by atoms with Crippen molar-refractivity contribution >= 4 is 34.4 Å². The molecule has 32 heavy (non-hydrogen) atoms. The van der Waals surface area contributed by atoms with Crippen molar-refractivity contribution in [3.8, 4) is 11.3 Å². The van der Waals surface area contributed by atoms with Crippen LogP contribution in [0.2, 0.25) is 0 Å². The number of fused-ring (bicyclic) bond motifs is 1. The monoisotopic (exact) mass is 434 g/mol. The summed E-state index contributed by atoms with van der Waals surface area (Å²) in [4.78, 5) is 24.0. The molecule has 9 nitrogen and oxygen atoms in total. The third-order valence-electron chi connectivity index (χ3n) is 6.69. The average molecular weight is 435 g/mol. The van der Waals surface area contributed by atoms with E-state index < -0.39 is 0 Å². The number of anilines is 3. The highest BCUT2D eigenvalue weighted by Gasteiger charge is 2.28. The minimum absolute atomic E-state index is 0.0327. The van der Waals surface area contributed by atoms with Crippen LogP contribution in [0.1, 0.15) is 44.9 Å². The Morgan fingerprint density at radius 1 is 1.06 bits per heavy atom. The number of nitrogens with two attached hydrogens (primary N) is 2. The Labute approximate surface area is 187 Å². The molecule has 1 atom stereocenters. The van der Waals surface area contributed by atoms with E-state index in [4.69, 9.17) is 11.5 Å². The second-order valence-electron chi connectivity index (χ2n) is 8.97. The standard InChI is InChI=1S/C23H30N8O/c24-21-17-9-8-14(11-19(17)29-30-21)18-12-20(28-23(25)27-18)31-10-4-5-15(13-31)22(32)26-16-6-2-1-3-7-16/h8-9,11-12,15-16H,1-7,10,13H2,(H,26,32)(H3,24,29,30)(H2,25,27,28)/t15-/m0/s1. The first kappa shape index (κ1) is 20.5. The fourth-order valence-corrected chi connectivity index (χ4v) is 4.93. The maximum Gasteiger partial charge on any atom is 0.225 e. The molecule has 168 valence electrons. The van der Waals surface area contributed by atoms with Crippen LogP contribution in [0.4, 0.5) is 17.6 Å². The molecule has 3 heterocycles. The third kappa shape index (κ3) is 4.19. The fourth-order valence-electron chi connectivity index (χ4n) is 4.93. The summed E-state index contributed by atoms with van der Waals surface area (Å²) in [6.45, 7) is 1.49. The van der Waals surface area contributed by atoms with E-state index in [1.54, 1.807) is 0 Å². The number of nitrogens with zero attached hydrogens (tertiary/aromatic N) is 4. The predicted octanol–water partition coefficient (Wildman–Crippen LogP) is 2.85. The van der Waals surface area contributed by atoms with Gasteiger partial charge in [-0.2, -0.15) is 10.1 Å². The average Bonchev–Trinajstić information content (AvgIpc) is 3.19. The highest BCUT2D eigenvalue weighted by Crippen LogP contribution is 2.29. The summed E-state index contributed by atoms with van der Waals surface area (Å²) in [6.07, 6.45) is 7.74. The zero-order valence-corrected chi connectivity index (χ0v) is 18.2. The SMILES string of the molecule is Nc1nc(-c2ccc3c(N)n[nH]c3c2)cc(N2CCC[C@H](C(=O)NC3CCCCC3)C2)n1. The molecule has 6 N–H and O–H groups in total. The number of nitrogens with one attached hydrogen (secondary N) is 2. The van der Waals surface area contributed by atoms with Crippen LogP contribution < -0.4 is 21.7 Å². The quantitative estimate of drug-likeness (QED) is 0.495. The van der Waals surface area contributed by atoms with Gasteiger partial charge in [0.15, 0.2) is 5.82 Å². The molecule has 1 aliphatic heterocycles. The Balaban J connectivity index is 1.34. The van der Waals surface area contributed by atoms with Gasteiger partial charge < -0.3 is 21.7 Å². The second-order valence-corrected chi connectivity index (χ2v) is 8.97. The summed E-state index contributed by atoms with van der Waals surface area (Å²) in [7, 11) is 0. The van der Waals surface area contributed by atoms with Gasteiger partial charge in [-0.3, -0.25) is 9.89 Å². The number of rotatable bonds is 4. The van der Waals surface area contributed by atoms with Crippen molar-refractivity contribution in [3.05, 3.63) is 24.3 Å². The molecule has 5 rings (SSSR count). The van der Waals surface area contributed by atoms with Crippen LogP contribution in [0.5, 0.6) is 0 Å². The number of H-pyrrole nitrogens is 1. The Morgan fingerprint density at radius 2 is 1.91 bits per heavy atom. The number of carbonyl (C=O) groups is 1. The summed E-state index contributed by atoms with van der Waals surface area (Å²) in [6, 6.07) is 8.11. The molecule has 1 aromatic carbocycles. The summed E-state index contributed by atoms with van der Waals surface area (Å²) < 4.78 is 0. The maximum absolute atomic E-state index is 12.9. The second kappa shape index (κ2) is 8.64. The lowest BCUT2D eigenvalue weighted by molar-refractivity contribution is -0.126. The highest BCUT2D eigenvalue weighted by atomic mass is 16.2. The first-order chi connectivity index (χ1) is 15.6. The third-order valence-corrected chi connectivity index (χ3v) is 6.69. The molecule has 0 spiro atoms. The van der Waals surface area contributed by atoms with E-state index in [0.29, 0.717) is 18.4 Å². The highest BCUT2D eigenvalue weighted by molar-refractivity contribution is 5.91. The Morgan fingerprint density at radius 3 is 2.75 bits per heavy atom. The molecule has 1 amide bonds. The van der Waals surface area contributed by atoms with Crippen molar-refractivity contribution in [3.63, 3.8) is 0 Å². The van der Waals surface area contributed by atoms with E-state index in [1.807, 2.05) is 24.3 Å².